The average molecular weight is 338 g/mol. The van der Waals surface area contributed by atoms with Gasteiger partial charge in [-0.15, -0.1) is 0 Å². The van der Waals surface area contributed by atoms with E-state index in [0.29, 0.717) is 0 Å². The van der Waals surface area contributed by atoms with Gasteiger partial charge in [-0.2, -0.15) is 0 Å². The Labute approximate surface area is 114 Å². The minimum absolute atomic E-state index is 0.0604. The van der Waals surface area contributed by atoms with Crippen molar-refractivity contribution >= 4 is 24.5 Å². The van der Waals surface area contributed by atoms with E-state index in [1.807, 2.05) is 0 Å². The summed E-state index contributed by atoms with van der Waals surface area (Å²) in [4.78, 5) is 0. The number of hydrogen-bond acceptors (Lipinski definition) is 0. The minimum atomic E-state index is 0.0604. The Morgan fingerprint density at radius 3 is 2.12 bits per heavy atom. The molecule has 0 saturated heterocycles. The van der Waals surface area contributed by atoms with E-state index < -0.39 is 0 Å². The molecule has 0 aromatic heterocycles. The van der Waals surface area contributed by atoms with Gasteiger partial charge in [0.2, 0.25) is 0 Å². The second kappa shape index (κ2) is 6.84. The van der Waals surface area contributed by atoms with Crippen molar-refractivity contribution in [3.8, 4) is 11.1 Å². The zero-order valence-electron chi connectivity index (χ0n) is 10.2. The predicted molar refractivity (Wildman–Crippen MR) is 77.0 cm³/mol. The van der Waals surface area contributed by atoms with Crippen molar-refractivity contribution in [3.63, 3.8) is 0 Å². The van der Waals surface area contributed by atoms with Crippen molar-refractivity contribution in [3.05, 3.63) is 54.6 Å². The third-order valence-electron chi connectivity index (χ3n) is 2.73. The molecule has 0 heterocycles. The molecule has 0 aliphatic rings. The van der Waals surface area contributed by atoms with Crippen LogP contribution in [-0.2, 0) is 0 Å². The third-order valence-corrected chi connectivity index (χ3v) is 5.86. The quantitative estimate of drug-likeness (QED) is 0.573. The van der Waals surface area contributed by atoms with Crippen molar-refractivity contribution in [2.45, 2.75) is 24.2 Å². The van der Waals surface area contributed by atoms with E-state index in [0.717, 1.165) is 0 Å². The van der Waals surface area contributed by atoms with Gasteiger partial charge in [0.1, 0.15) is 0 Å². The molecular formula is C16H18Te. The number of benzene rings is 2. The monoisotopic (exact) mass is 340 g/mol. The third kappa shape index (κ3) is 3.87. The van der Waals surface area contributed by atoms with Gasteiger partial charge in [-0.3, -0.25) is 0 Å². The maximum absolute atomic E-state index is 2.32. The summed E-state index contributed by atoms with van der Waals surface area (Å²) in [6.45, 7) is 2.27. The topological polar surface area (TPSA) is 0 Å². The molecular weight excluding hydrogens is 320 g/mol. The van der Waals surface area contributed by atoms with Gasteiger partial charge in [0, 0.05) is 0 Å². The van der Waals surface area contributed by atoms with E-state index in [9.17, 15) is 0 Å². The first-order valence-corrected chi connectivity index (χ1v) is 8.99. The molecule has 17 heavy (non-hydrogen) atoms. The van der Waals surface area contributed by atoms with E-state index in [4.69, 9.17) is 0 Å². The molecule has 0 bridgehead atoms. The summed E-state index contributed by atoms with van der Waals surface area (Å²) in [6.07, 6.45) is 2.72. The summed E-state index contributed by atoms with van der Waals surface area (Å²) >= 11 is 0.0604. The molecule has 0 N–H and O–H groups in total. The second-order valence-electron chi connectivity index (χ2n) is 4.09. The molecule has 2 aromatic carbocycles. The zero-order chi connectivity index (χ0) is 11.9. The van der Waals surface area contributed by atoms with Crippen LogP contribution in [0, 0.1) is 0 Å². The molecule has 0 atom stereocenters. The summed E-state index contributed by atoms with van der Waals surface area (Å²) in [5.41, 5.74) is 2.64. The van der Waals surface area contributed by atoms with Gasteiger partial charge in [-0.05, 0) is 0 Å². The van der Waals surface area contributed by atoms with Gasteiger partial charge in [0.15, 0.2) is 0 Å². The van der Waals surface area contributed by atoms with Crippen molar-refractivity contribution < 1.29 is 0 Å². The van der Waals surface area contributed by atoms with Crippen molar-refractivity contribution in [1.29, 1.82) is 0 Å². The van der Waals surface area contributed by atoms with Gasteiger partial charge < -0.3 is 0 Å². The van der Waals surface area contributed by atoms with Crippen molar-refractivity contribution in [1.82, 2.24) is 0 Å². The average Bonchev–Trinajstić information content (AvgIpc) is 2.41. The van der Waals surface area contributed by atoms with E-state index in [-0.39, 0.29) is 20.9 Å². The molecule has 88 valence electrons. The van der Waals surface area contributed by atoms with E-state index in [1.54, 1.807) is 3.61 Å². The van der Waals surface area contributed by atoms with Gasteiger partial charge >= 0.3 is 114 Å². The summed E-state index contributed by atoms with van der Waals surface area (Å²) in [5, 5.41) is 0. The molecule has 0 aliphatic heterocycles. The Hall–Kier alpha value is -0.770. The van der Waals surface area contributed by atoms with Crippen LogP contribution in [0.2, 0.25) is 4.47 Å². The SMILES string of the molecule is CCCC[Te]c1ccc(-c2ccccc2)cc1. The molecule has 0 nitrogen and oxygen atoms in total. The number of hydrogen-bond donors (Lipinski definition) is 0. The molecule has 0 unspecified atom stereocenters. The fourth-order valence-corrected chi connectivity index (χ4v) is 4.55. The summed E-state index contributed by atoms with van der Waals surface area (Å²) in [6, 6.07) is 19.8. The van der Waals surface area contributed by atoms with Crippen molar-refractivity contribution in [2.24, 2.45) is 0 Å². The standard InChI is InChI=1S/C16H18Te/c1-2-3-13-17-16-11-9-15(10-12-16)14-7-5-4-6-8-14/h4-12H,2-3,13H2,1H3. The van der Waals surface area contributed by atoms with E-state index >= 15 is 0 Å². The van der Waals surface area contributed by atoms with Gasteiger partial charge in [-0.25, -0.2) is 0 Å². The Morgan fingerprint density at radius 1 is 0.824 bits per heavy atom. The van der Waals surface area contributed by atoms with Crippen LogP contribution in [0.1, 0.15) is 19.8 Å². The fourth-order valence-electron chi connectivity index (χ4n) is 1.71. The summed E-state index contributed by atoms with van der Waals surface area (Å²) < 4.78 is 3.02. The first-order chi connectivity index (χ1) is 8.40. The van der Waals surface area contributed by atoms with Crippen LogP contribution in [0.4, 0.5) is 0 Å². The second-order valence-corrected chi connectivity index (χ2v) is 7.43. The van der Waals surface area contributed by atoms with Crippen LogP contribution in [0.25, 0.3) is 11.1 Å². The number of rotatable bonds is 5. The molecule has 0 saturated carbocycles. The molecule has 1 heteroatoms. The van der Waals surface area contributed by atoms with Crippen molar-refractivity contribution in [2.75, 3.05) is 0 Å². The van der Waals surface area contributed by atoms with Gasteiger partial charge in [0.05, 0.1) is 0 Å². The van der Waals surface area contributed by atoms with Crippen LogP contribution in [0.3, 0.4) is 0 Å². The Kier molecular flexibility index (Phi) is 5.10. The van der Waals surface area contributed by atoms with Crippen LogP contribution in [0.5, 0.6) is 0 Å². The first-order valence-electron chi connectivity index (χ1n) is 6.18. The molecule has 0 fully saturated rings. The molecule has 2 aromatic rings. The molecule has 0 spiro atoms. The maximum atomic E-state index is 2.32. The first kappa shape index (κ1) is 12.7. The Bertz CT molecular complexity index is 431. The zero-order valence-corrected chi connectivity index (χ0v) is 12.6. The normalized spacial score (nSPS) is 10.4. The Morgan fingerprint density at radius 2 is 1.47 bits per heavy atom. The fraction of sp³-hybridized carbons (Fsp3) is 0.250. The van der Waals surface area contributed by atoms with E-state index in [2.05, 4.69) is 61.5 Å². The molecule has 0 amide bonds. The van der Waals surface area contributed by atoms with Crippen LogP contribution >= 0.6 is 0 Å². The van der Waals surface area contributed by atoms with Crippen LogP contribution < -0.4 is 3.61 Å². The predicted octanol–water partition coefficient (Wildman–Crippen LogP) is 3.90. The number of unbranched alkanes of at least 4 members (excludes halogenated alkanes) is 1. The Balaban J connectivity index is 2.03. The summed E-state index contributed by atoms with van der Waals surface area (Å²) in [5.74, 6) is 0. The summed E-state index contributed by atoms with van der Waals surface area (Å²) in [7, 11) is 0. The molecule has 0 aliphatic carbocycles. The van der Waals surface area contributed by atoms with Gasteiger partial charge in [-0.1, -0.05) is 0 Å². The van der Waals surface area contributed by atoms with Gasteiger partial charge in [0.25, 0.3) is 0 Å². The molecule has 0 radical (unpaired) electrons. The molecule has 2 rings (SSSR count). The van der Waals surface area contributed by atoms with Crippen LogP contribution in [-0.4, -0.2) is 20.9 Å². The van der Waals surface area contributed by atoms with Crippen LogP contribution in [0.15, 0.2) is 54.6 Å². The van der Waals surface area contributed by atoms with E-state index in [1.165, 1.54) is 28.4 Å².